The molecule has 0 aliphatic heterocycles. The van der Waals surface area contributed by atoms with Gasteiger partial charge in [0.25, 0.3) is 0 Å². The number of rotatable bonds is 14. The van der Waals surface area contributed by atoms with Crippen LogP contribution in [0.5, 0.6) is 0 Å². The second-order valence-corrected chi connectivity index (χ2v) is 7.84. The summed E-state index contributed by atoms with van der Waals surface area (Å²) < 4.78 is 10.0. The van der Waals surface area contributed by atoms with Crippen molar-refractivity contribution in [2.75, 3.05) is 19.8 Å². The van der Waals surface area contributed by atoms with E-state index >= 15 is 0 Å². The van der Waals surface area contributed by atoms with E-state index in [1.807, 2.05) is 12.2 Å². The molecular weight excluding hydrogens is 370 g/mol. The Morgan fingerprint density at radius 3 is 2.34 bits per heavy atom. The molecule has 0 amide bonds. The molecule has 0 aromatic rings. The fraction of sp³-hybridized carbons (Fsp3) is 0.783. The Morgan fingerprint density at radius 1 is 1.00 bits per heavy atom. The van der Waals surface area contributed by atoms with Crippen LogP contribution in [0.3, 0.4) is 0 Å². The van der Waals surface area contributed by atoms with Gasteiger partial charge in [-0.25, -0.2) is 0 Å². The monoisotopic (exact) mass is 409 g/mol. The van der Waals surface area contributed by atoms with Crippen molar-refractivity contribution in [1.82, 2.24) is 5.32 Å². The highest BCUT2D eigenvalue weighted by Gasteiger charge is 2.24. The predicted octanol–water partition coefficient (Wildman–Crippen LogP) is 3.97. The van der Waals surface area contributed by atoms with Crippen molar-refractivity contribution in [2.45, 2.75) is 84.6 Å². The van der Waals surface area contributed by atoms with Crippen LogP contribution in [0.2, 0.25) is 0 Å². The van der Waals surface area contributed by atoms with Crippen molar-refractivity contribution in [3.05, 3.63) is 12.2 Å². The number of carbonyl (C=O) groups excluding carboxylic acids is 3. The molecule has 1 N–H and O–H groups in total. The third-order valence-electron chi connectivity index (χ3n) is 5.40. The molecule has 0 heterocycles. The number of unbranched alkanes of at least 4 members (excludes halogenated alkanes) is 1. The minimum absolute atomic E-state index is 0.177. The smallest absolute Gasteiger partial charge is 0.323 e. The van der Waals surface area contributed by atoms with Gasteiger partial charge >= 0.3 is 11.9 Å². The molecule has 1 saturated carbocycles. The van der Waals surface area contributed by atoms with E-state index in [0.29, 0.717) is 44.8 Å². The van der Waals surface area contributed by atoms with Crippen LogP contribution in [0.15, 0.2) is 12.2 Å². The van der Waals surface area contributed by atoms with Gasteiger partial charge in [-0.15, -0.1) is 0 Å². The zero-order valence-electron chi connectivity index (χ0n) is 18.4. The summed E-state index contributed by atoms with van der Waals surface area (Å²) in [6.45, 7) is 7.06. The summed E-state index contributed by atoms with van der Waals surface area (Å²) in [5.74, 6) is 0.760. The number of allylic oxidation sites excluding steroid dienone is 1. The first-order chi connectivity index (χ1) is 14.0. The fourth-order valence-corrected chi connectivity index (χ4v) is 3.61. The van der Waals surface area contributed by atoms with Crippen molar-refractivity contribution in [3.8, 4) is 0 Å². The Kier molecular flexibility index (Phi) is 13.3. The summed E-state index contributed by atoms with van der Waals surface area (Å²) in [6.07, 6.45) is 11.0. The Labute approximate surface area is 175 Å². The maximum Gasteiger partial charge on any atom is 0.323 e. The highest BCUT2D eigenvalue weighted by molar-refractivity contribution is 5.81. The highest BCUT2D eigenvalue weighted by Crippen LogP contribution is 2.29. The molecule has 0 aromatic carbocycles. The van der Waals surface area contributed by atoms with E-state index in [0.717, 1.165) is 44.4 Å². The first-order valence-corrected chi connectivity index (χ1v) is 11.2. The maximum absolute atomic E-state index is 12.4. The van der Waals surface area contributed by atoms with Crippen LogP contribution in [0.1, 0.15) is 78.6 Å². The van der Waals surface area contributed by atoms with Crippen molar-refractivity contribution in [2.24, 2.45) is 11.8 Å². The third kappa shape index (κ3) is 11.2. The van der Waals surface area contributed by atoms with Gasteiger partial charge in [0.15, 0.2) is 0 Å². The normalized spacial score (nSPS) is 20.4. The van der Waals surface area contributed by atoms with Crippen molar-refractivity contribution in [1.29, 1.82) is 0 Å². The summed E-state index contributed by atoms with van der Waals surface area (Å²) in [5, 5.41) is 3.19. The van der Waals surface area contributed by atoms with Gasteiger partial charge in [0.2, 0.25) is 0 Å². The van der Waals surface area contributed by atoms with Crippen molar-refractivity contribution >= 4 is 17.7 Å². The second-order valence-electron chi connectivity index (χ2n) is 7.84. The van der Waals surface area contributed by atoms with E-state index in [9.17, 15) is 14.4 Å². The minimum Gasteiger partial charge on any atom is -0.466 e. The van der Waals surface area contributed by atoms with Crippen molar-refractivity contribution in [3.63, 3.8) is 0 Å². The number of esters is 2. The lowest BCUT2D eigenvalue weighted by Gasteiger charge is -2.25. The van der Waals surface area contributed by atoms with E-state index in [1.54, 1.807) is 13.8 Å². The molecule has 0 spiro atoms. The molecule has 1 fully saturated rings. The summed E-state index contributed by atoms with van der Waals surface area (Å²) in [7, 11) is 0. The third-order valence-corrected chi connectivity index (χ3v) is 5.40. The summed E-state index contributed by atoms with van der Waals surface area (Å²) in [6, 6.07) is -0.449. The lowest BCUT2D eigenvalue weighted by Crippen LogP contribution is -2.39. The SMILES string of the molecule is CCOC(=O)CCC/C=C\CC(NCCC(=O)[C@H]1CC[C@@H](C)CC1)C(=O)OCC. The number of nitrogens with one attached hydrogen (secondary N) is 1. The topological polar surface area (TPSA) is 81.7 Å². The van der Waals surface area contributed by atoms with Crippen molar-refractivity contribution < 1.29 is 23.9 Å². The lowest BCUT2D eigenvalue weighted by molar-refractivity contribution is -0.146. The molecule has 1 rings (SSSR count). The van der Waals surface area contributed by atoms with Gasteiger partial charge < -0.3 is 14.8 Å². The molecule has 0 bridgehead atoms. The van der Waals surface area contributed by atoms with Crippen LogP contribution < -0.4 is 5.32 Å². The molecule has 0 radical (unpaired) electrons. The lowest BCUT2D eigenvalue weighted by atomic mass is 9.80. The van der Waals surface area contributed by atoms with Gasteiger partial charge in [0.1, 0.15) is 11.8 Å². The predicted molar refractivity (Wildman–Crippen MR) is 113 cm³/mol. The molecule has 1 aliphatic rings. The fourth-order valence-electron chi connectivity index (χ4n) is 3.61. The second kappa shape index (κ2) is 15.2. The number of hydrogen-bond acceptors (Lipinski definition) is 6. The van der Waals surface area contributed by atoms with E-state index in [1.165, 1.54) is 0 Å². The first kappa shape index (κ1) is 25.3. The molecule has 0 aromatic heterocycles. The molecular formula is C23H39NO5. The number of Topliss-reactive ketones (excluding diaryl/α,β-unsaturated/α-hetero) is 1. The van der Waals surface area contributed by atoms with Gasteiger partial charge in [-0.2, -0.15) is 0 Å². The van der Waals surface area contributed by atoms with Crippen LogP contribution in [0, 0.1) is 11.8 Å². The van der Waals surface area contributed by atoms with Gasteiger partial charge in [-0.05, 0) is 51.9 Å². The number of ketones is 1. The standard InChI is InChI=1S/C23H39NO5/c1-4-28-22(26)11-9-7-6-8-10-20(23(27)29-5-2)24-17-16-21(25)19-14-12-18(3)13-15-19/h6,8,18-20,24H,4-5,7,9-17H2,1-3H3/b8-6-/t18-,19+,20?. The largest absolute Gasteiger partial charge is 0.466 e. The zero-order valence-corrected chi connectivity index (χ0v) is 18.4. The highest BCUT2D eigenvalue weighted by atomic mass is 16.5. The molecule has 6 nitrogen and oxygen atoms in total. The van der Waals surface area contributed by atoms with E-state index in [-0.39, 0.29) is 17.9 Å². The van der Waals surface area contributed by atoms with E-state index < -0.39 is 6.04 Å². The number of hydrogen-bond donors (Lipinski definition) is 1. The molecule has 1 atom stereocenters. The zero-order chi connectivity index (χ0) is 21.5. The molecule has 1 unspecified atom stereocenters. The Balaban J connectivity index is 2.34. The van der Waals surface area contributed by atoms with Crippen LogP contribution in [0.4, 0.5) is 0 Å². The van der Waals surface area contributed by atoms with Crippen LogP contribution in [-0.4, -0.2) is 43.5 Å². The number of ether oxygens (including phenoxy) is 2. The Morgan fingerprint density at radius 2 is 1.69 bits per heavy atom. The summed E-state index contributed by atoms with van der Waals surface area (Å²) in [5.41, 5.74) is 0. The van der Waals surface area contributed by atoms with Crippen LogP contribution in [-0.2, 0) is 23.9 Å². The quantitative estimate of drug-likeness (QED) is 0.266. The average molecular weight is 410 g/mol. The first-order valence-electron chi connectivity index (χ1n) is 11.2. The molecule has 166 valence electrons. The van der Waals surface area contributed by atoms with E-state index in [4.69, 9.17) is 9.47 Å². The van der Waals surface area contributed by atoms with E-state index in [2.05, 4.69) is 12.2 Å². The summed E-state index contributed by atoms with van der Waals surface area (Å²) in [4.78, 5) is 35.9. The maximum atomic E-state index is 12.4. The van der Waals surface area contributed by atoms with Crippen LogP contribution >= 0.6 is 0 Å². The van der Waals surface area contributed by atoms with Gasteiger partial charge in [-0.3, -0.25) is 14.4 Å². The van der Waals surface area contributed by atoms with Gasteiger partial charge in [0, 0.05) is 25.3 Å². The minimum atomic E-state index is -0.449. The van der Waals surface area contributed by atoms with Gasteiger partial charge in [-0.1, -0.05) is 31.9 Å². The van der Waals surface area contributed by atoms with Crippen LogP contribution in [0.25, 0.3) is 0 Å². The number of carbonyl (C=O) groups is 3. The molecule has 1 aliphatic carbocycles. The Bertz CT molecular complexity index is 523. The summed E-state index contributed by atoms with van der Waals surface area (Å²) >= 11 is 0. The van der Waals surface area contributed by atoms with Gasteiger partial charge in [0.05, 0.1) is 13.2 Å². The Hall–Kier alpha value is -1.69. The molecule has 6 heteroatoms. The average Bonchev–Trinajstić information content (AvgIpc) is 2.69. The molecule has 29 heavy (non-hydrogen) atoms. The molecule has 0 saturated heterocycles.